The Balaban J connectivity index is 1.66. The Morgan fingerprint density at radius 3 is 2.30 bits per heavy atom. The van der Waals surface area contributed by atoms with Crippen LogP contribution in [-0.4, -0.2) is 33.7 Å². The number of hydrogen-bond donors (Lipinski definition) is 0. The first-order chi connectivity index (χ1) is 14.4. The molecule has 1 aliphatic heterocycles. The van der Waals surface area contributed by atoms with Crippen molar-refractivity contribution in [3.05, 3.63) is 83.9 Å². The van der Waals surface area contributed by atoms with Gasteiger partial charge in [0.05, 0.1) is 11.5 Å². The highest BCUT2D eigenvalue weighted by molar-refractivity contribution is 7.90. The van der Waals surface area contributed by atoms with E-state index in [0.29, 0.717) is 13.2 Å². The number of benzene rings is 3. The second-order valence-corrected chi connectivity index (χ2v) is 9.43. The lowest BCUT2D eigenvalue weighted by Crippen LogP contribution is -2.34. The summed E-state index contributed by atoms with van der Waals surface area (Å²) in [4.78, 5) is 14.8. The van der Waals surface area contributed by atoms with Gasteiger partial charge >= 0.3 is 0 Å². The number of carbonyl (C=O) groups is 1. The molecule has 3 aromatic rings. The molecule has 0 saturated carbocycles. The van der Waals surface area contributed by atoms with E-state index in [1.54, 1.807) is 29.2 Å². The van der Waals surface area contributed by atoms with E-state index < -0.39 is 9.84 Å². The Labute approximate surface area is 176 Å². The van der Waals surface area contributed by atoms with Crippen LogP contribution in [0, 0.1) is 0 Å². The molecule has 0 aliphatic carbocycles. The minimum Gasteiger partial charge on any atom is -0.367 e. The molecule has 0 N–H and O–H groups in total. The Morgan fingerprint density at radius 1 is 0.900 bits per heavy atom. The molecular weight excluding hydrogens is 398 g/mol. The molecule has 0 saturated heterocycles. The summed E-state index contributed by atoms with van der Waals surface area (Å²) in [6, 6.07) is 22.8. The number of rotatable bonds is 5. The predicted molar refractivity (Wildman–Crippen MR) is 117 cm³/mol. The average molecular weight is 422 g/mol. The van der Waals surface area contributed by atoms with E-state index in [0.717, 1.165) is 28.8 Å². The van der Waals surface area contributed by atoms with E-state index in [9.17, 15) is 13.2 Å². The highest BCUT2D eigenvalue weighted by Gasteiger charge is 2.23. The predicted octanol–water partition coefficient (Wildman–Crippen LogP) is 3.86. The maximum Gasteiger partial charge on any atom is 0.253 e. The van der Waals surface area contributed by atoms with E-state index in [1.807, 2.05) is 36.4 Å². The van der Waals surface area contributed by atoms with E-state index in [-0.39, 0.29) is 17.4 Å². The number of nitrogens with zero attached hydrogens (tertiary/aromatic N) is 1. The van der Waals surface area contributed by atoms with Gasteiger partial charge in [-0.25, -0.2) is 8.42 Å². The van der Waals surface area contributed by atoms with Crippen LogP contribution in [0.1, 0.15) is 11.1 Å². The molecule has 0 bridgehead atoms. The quantitative estimate of drug-likeness (QED) is 0.628. The Bertz CT molecular complexity index is 1160. The van der Waals surface area contributed by atoms with Crippen molar-refractivity contribution in [1.29, 1.82) is 0 Å². The summed E-state index contributed by atoms with van der Waals surface area (Å²) in [7, 11) is -3.24. The van der Waals surface area contributed by atoms with Crippen molar-refractivity contribution in [1.82, 2.24) is 0 Å². The van der Waals surface area contributed by atoms with Gasteiger partial charge in [0.25, 0.3) is 5.91 Å². The number of carbonyl (C=O) groups excluding carboxylic acids is 1. The Kier molecular flexibility index (Phi) is 5.70. The topological polar surface area (TPSA) is 63.7 Å². The molecule has 1 aliphatic rings. The number of ether oxygens (including phenoxy) is 1. The zero-order valence-electron chi connectivity index (χ0n) is 16.7. The number of anilines is 1. The third kappa shape index (κ3) is 4.45. The fraction of sp³-hybridized carbons (Fsp3) is 0.208. The minimum atomic E-state index is -3.24. The summed E-state index contributed by atoms with van der Waals surface area (Å²) >= 11 is 0. The molecule has 0 fully saturated rings. The number of sulfone groups is 1. The van der Waals surface area contributed by atoms with Crippen LogP contribution in [0.15, 0.2) is 77.7 Å². The Hall–Kier alpha value is -2.96. The van der Waals surface area contributed by atoms with Gasteiger partial charge < -0.3 is 9.64 Å². The highest BCUT2D eigenvalue weighted by atomic mass is 32.2. The van der Waals surface area contributed by atoms with Crippen molar-refractivity contribution in [2.24, 2.45) is 0 Å². The maximum absolute atomic E-state index is 12.7. The standard InChI is InChI=1S/C24H23NO4S/c1-30(27,28)22-11-9-19(10-12-22)20-7-8-21-16-29-17-24(26)25(23(21)15-20)14-13-18-5-3-2-4-6-18/h2-12,15H,13-14,16-17H2,1H3. The highest BCUT2D eigenvalue weighted by Crippen LogP contribution is 2.31. The molecule has 3 aromatic carbocycles. The average Bonchev–Trinajstić information content (AvgIpc) is 2.90. The second kappa shape index (κ2) is 8.42. The van der Waals surface area contributed by atoms with E-state index in [1.165, 1.54) is 11.8 Å². The first kappa shape index (κ1) is 20.3. The van der Waals surface area contributed by atoms with Crippen LogP contribution in [0.2, 0.25) is 0 Å². The molecule has 4 rings (SSSR count). The van der Waals surface area contributed by atoms with Crippen molar-refractivity contribution in [3.63, 3.8) is 0 Å². The summed E-state index contributed by atoms with van der Waals surface area (Å²) in [6.45, 7) is 1.01. The van der Waals surface area contributed by atoms with Crippen LogP contribution in [-0.2, 0) is 32.4 Å². The molecule has 0 spiro atoms. The van der Waals surface area contributed by atoms with Gasteiger partial charge in [0, 0.05) is 24.1 Å². The fourth-order valence-corrected chi connectivity index (χ4v) is 4.23. The van der Waals surface area contributed by atoms with Crippen molar-refractivity contribution in [3.8, 4) is 11.1 Å². The maximum atomic E-state index is 12.7. The normalized spacial score (nSPS) is 14.3. The van der Waals surface area contributed by atoms with E-state index >= 15 is 0 Å². The third-order valence-corrected chi connectivity index (χ3v) is 6.37. The van der Waals surface area contributed by atoms with Crippen LogP contribution in [0.25, 0.3) is 11.1 Å². The van der Waals surface area contributed by atoms with Crippen molar-refractivity contribution < 1.29 is 17.9 Å². The molecular formula is C24H23NO4S. The van der Waals surface area contributed by atoms with Gasteiger partial charge in [0.15, 0.2) is 9.84 Å². The molecule has 154 valence electrons. The van der Waals surface area contributed by atoms with Gasteiger partial charge in [0.2, 0.25) is 0 Å². The smallest absolute Gasteiger partial charge is 0.253 e. The molecule has 30 heavy (non-hydrogen) atoms. The van der Waals surface area contributed by atoms with Crippen molar-refractivity contribution in [2.75, 3.05) is 24.3 Å². The second-order valence-electron chi connectivity index (χ2n) is 7.41. The third-order valence-electron chi connectivity index (χ3n) is 5.24. The molecule has 0 unspecified atom stereocenters. The molecule has 1 amide bonds. The first-order valence-corrected chi connectivity index (χ1v) is 11.7. The lowest BCUT2D eigenvalue weighted by molar-refractivity contribution is -0.123. The number of fused-ring (bicyclic) bond motifs is 1. The van der Waals surface area contributed by atoms with Crippen LogP contribution >= 0.6 is 0 Å². The van der Waals surface area contributed by atoms with E-state index in [2.05, 4.69) is 12.1 Å². The van der Waals surface area contributed by atoms with Crippen LogP contribution in [0.4, 0.5) is 5.69 Å². The van der Waals surface area contributed by atoms with E-state index in [4.69, 9.17) is 4.74 Å². The summed E-state index contributed by atoms with van der Waals surface area (Å²) in [6.07, 6.45) is 1.94. The zero-order chi connectivity index (χ0) is 21.1. The Morgan fingerprint density at radius 2 is 1.60 bits per heavy atom. The van der Waals surface area contributed by atoms with Gasteiger partial charge in [-0.05, 0) is 41.3 Å². The lowest BCUT2D eigenvalue weighted by Gasteiger charge is -2.23. The van der Waals surface area contributed by atoms with Gasteiger partial charge in [-0.3, -0.25) is 4.79 Å². The molecule has 0 atom stereocenters. The summed E-state index contributed by atoms with van der Waals surface area (Å²) < 4.78 is 29.0. The minimum absolute atomic E-state index is 0.0574. The molecule has 0 radical (unpaired) electrons. The lowest BCUT2D eigenvalue weighted by atomic mass is 10.0. The van der Waals surface area contributed by atoms with Gasteiger partial charge in [-0.15, -0.1) is 0 Å². The summed E-state index contributed by atoms with van der Waals surface area (Å²) in [5.74, 6) is -0.0609. The molecule has 5 nitrogen and oxygen atoms in total. The molecule has 0 aromatic heterocycles. The number of hydrogen-bond acceptors (Lipinski definition) is 4. The monoisotopic (exact) mass is 421 g/mol. The zero-order valence-corrected chi connectivity index (χ0v) is 17.6. The number of amides is 1. The van der Waals surface area contributed by atoms with Crippen molar-refractivity contribution >= 4 is 21.4 Å². The molecule has 1 heterocycles. The van der Waals surface area contributed by atoms with Crippen LogP contribution in [0.3, 0.4) is 0 Å². The van der Waals surface area contributed by atoms with Crippen molar-refractivity contribution in [2.45, 2.75) is 17.9 Å². The van der Waals surface area contributed by atoms with Gasteiger partial charge in [0.1, 0.15) is 6.61 Å². The molecule has 6 heteroatoms. The first-order valence-electron chi connectivity index (χ1n) is 9.77. The van der Waals surface area contributed by atoms with Crippen LogP contribution in [0.5, 0.6) is 0 Å². The fourth-order valence-electron chi connectivity index (χ4n) is 3.60. The van der Waals surface area contributed by atoms with Crippen LogP contribution < -0.4 is 4.90 Å². The van der Waals surface area contributed by atoms with Gasteiger partial charge in [-0.1, -0.05) is 54.6 Å². The van der Waals surface area contributed by atoms with Gasteiger partial charge in [-0.2, -0.15) is 0 Å². The summed E-state index contributed by atoms with van der Waals surface area (Å²) in [5.41, 5.74) is 4.80. The SMILES string of the molecule is CS(=O)(=O)c1ccc(-c2ccc3c(c2)N(CCc2ccccc2)C(=O)COC3)cc1. The largest absolute Gasteiger partial charge is 0.367 e. The summed E-state index contributed by atoms with van der Waals surface area (Å²) in [5, 5.41) is 0.